The molecule has 100 valence electrons. The molecule has 0 heterocycles. The van der Waals surface area contributed by atoms with Crippen LogP contribution in [0.1, 0.15) is 18.6 Å². The number of esters is 1. The van der Waals surface area contributed by atoms with E-state index in [2.05, 4.69) is 4.74 Å². The fraction of sp³-hybridized carbons (Fsp3) is 0.417. The van der Waals surface area contributed by atoms with Crippen molar-refractivity contribution in [3.63, 3.8) is 0 Å². The van der Waals surface area contributed by atoms with E-state index in [1.165, 1.54) is 13.2 Å². The van der Waals surface area contributed by atoms with Gasteiger partial charge in [0.25, 0.3) is 0 Å². The maximum absolute atomic E-state index is 13.1. The fourth-order valence-corrected chi connectivity index (χ4v) is 1.46. The van der Waals surface area contributed by atoms with Crippen LogP contribution in [0, 0.1) is 5.82 Å². The molecule has 0 aliphatic carbocycles. The van der Waals surface area contributed by atoms with Crippen LogP contribution in [-0.4, -0.2) is 36.0 Å². The molecule has 5 nitrogen and oxygen atoms in total. The molecule has 1 rings (SSSR count). The Labute approximate surface area is 104 Å². The minimum Gasteiger partial charge on any atom is -0.496 e. The maximum Gasteiger partial charge on any atom is 0.338 e. The summed E-state index contributed by atoms with van der Waals surface area (Å²) < 4.78 is 22.6. The van der Waals surface area contributed by atoms with Crippen molar-refractivity contribution in [2.75, 3.05) is 13.7 Å². The number of rotatable bonds is 5. The lowest BCUT2D eigenvalue weighted by atomic mass is 10.0. The van der Waals surface area contributed by atoms with E-state index in [9.17, 15) is 19.4 Å². The molecule has 2 atom stereocenters. The largest absolute Gasteiger partial charge is 0.496 e. The van der Waals surface area contributed by atoms with Gasteiger partial charge in [-0.3, -0.25) is 0 Å². The van der Waals surface area contributed by atoms with Crippen LogP contribution in [0.3, 0.4) is 0 Å². The van der Waals surface area contributed by atoms with Crippen molar-refractivity contribution >= 4 is 5.97 Å². The minimum absolute atomic E-state index is 0.0157. The van der Waals surface area contributed by atoms with Gasteiger partial charge in [-0.2, -0.15) is 0 Å². The van der Waals surface area contributed by atoms with E-state index >= 15 is 0 Å². The second kappa shape index (κ2) is 6.32. The van der Waals surface area contributed by atoms with Crippen molar-refractivity contribution in [2.24, 2.45) is 0 Å². The summed E-state index contributed by atoms with van der Waals surface area (Å²) in [5.74, 6) is -1.41. The summed E-state index contributed by atoms with van der Waals surface area (Å²) in [7, 11) is 1.33. The third kappa shape index (κ3) is 3.18. The van der Waals surface area contributed by atoms with Crippen LogP contribution in [0.5, 0.6) is 5.75 Å². The van der Waals surface area contributed by atoms with Gasteiger partial charge in [-0.25, -0.2) is 9.18 Å². The first kappa shape index (κ1) is 14.4. The van der Waals surface area contributed by atoms with Crippen LogP contribution in [0.4, 0.5) is 4.39 Å². The number of benzene rings is 1. The van der Waals surface area contributed by atoms with Crippen molar-refractivity contribution in [1.29, 1.82) is 0 Å². The molecule has 0 aliphatic heterocycles. The number of carbonyl (C=O) groups excluding carboxylic acids is 1. The molecule has 0 aliphatic rings. The number of hydrogen-bond acceptors (Lipinski definition) is 5. The molecule has 0 spiro atoms. The minimum atomic E-state index is -1.79. The van der Waals surface area contributed by atoms with E-state index in [1.54, 1.807) is 6.92 Å². The molecule has 2 N–H and O–H groups in total. The van der Waals surface area contributed by atoms with Crippen molar-refractivity contribution < 1.29 is 28.9 Å². The normalized spacial score (nSPS) is 13.8. The highest BCUT2D eigenvalue weighted by molar-refractivity contribution is 5.75. The summed E-state index contributed by atoms with van der Waals surface area (Å²) in [4.78, 5) is 11.3. The van der Waals surface area contributed by atoms with Gasteiger partial charge >= 0.3 is 5.97 Å². The zero-order chi connectivity index (χ0) is 13.7. The van der Waals surface area contributed by atoms with Crippen LogP contribution < -0.4 is 4.74 Å². The monoisotopic (exact) mass is 258 g/mol. The quantitative estimate of drug-likeness (QED) is 0.764. The topological polar surface area (TPSA) is 76.0 Å². The second-order valence-corrected chi connectivity index (χ2v) is 3.53. The zero-order valence-corrected chi connectivity index (χ0v) is 10.1. The van der Waals surface area contributed by atoms with Crippen LogP contribution in [0.15, 0.2) is 18.2 Å². The Balaban J connectivity index is 2.98. The summed E-state index contributed by atoms with van der Waals surface area (Å²) in [5, 5.41) is 19.4. The van der Waals surface area contributed by atoms with Crippen LogP contribution in [0.25, 0.3) is 0 Å². The van der Waals surface area contributed by atoms with Crippen molar-refractivity contribution in [3.8, 4) is 5.75 Å². The van der Waals surface area contributed by atoms with Gasteiger partial charge in [0.05, 0.1) is 13.7 Å². The smallest absolute Gasteiger partial charge is 0.338 e. The molecule has 6 heteroatoms. The predicted octanol–water partition coefficient (Wildman–Crippen LogP) is 0.792. The summed E-state index contributed by atoms with van der Waals surface area (Å²) in [6, 6.07) is 3.43. The van der Waals surface area contributed by atoms with E-state index in [4.69, 9.17) is 4.74 Å². The average molecular weight is 258 g/mol. The van der Waals surface area contributed by atoms with Gasteiger partial charge in [-0.15, -0.1) is 0 Å². The van der Waals surface area contributed by atoms with Crippen LogP contribution in [0.2, 0.25) is 0 Å². The first-order valence-corrected chi connectivity index (χ1v) is 5.37. The molecule has 0 aromatic heterocycles. The van der Waals surface area contributed by atoms with Crippen LogP contribution >= 0.6 is 0 Å². The number of aliphatic hydroxyl groups excluding tert-OH is 2. The Kier molecular flexibility index (Phi) is 5.06. The highest BCUT2D eigenvalue weighted by atomic mass is 19.1. The average Bonchev–Trinajstić information content (AvgIpc) is 2.37. The van der Waals surface area contributed by atoms with Gasteiger partial charge in [0.1, 0.15) is 17.7 Å². The fourth-order valence-electron chi connectivity index (χ4n) is 1.46. The molecule has 2 unspecified atom stereocenters. The summed E-state index contributed by atoms with van der Waals surface area (Å²) >= 11 is 0. The van der Waals surface area contributed by atoms with E-state index < -0.39 is 24.0 Å². The van der Waals surface area contributed by atoms with Crippen molar-refractivity contribution in [1.82, 2.24) is 0 Å². The van der Waals surface area contributed by atoms with Gasteiger partial charge < -0.3 is 19.7 Å². The van der Waals surface area contributed by atoms with Gasteiger partial charge in [-0.1, -0.05) is 0 Å². The number of methoxy groups -OCH3 is 1. The molecule has 0 saturated carbocycles. The van der Waals surface area contributed by atoms with E-state index in [-0.39, 0.29) is 17.9 Å². The Bertz CT molecular complexity index is 421. The molecule has 0 radical (unpaired) electrons. The summed E-state index contributed by atoms with van der Waals surface area (Å²) in [5.41, 5.74) is -0.0157. The molecule has 1 aromatic rings. The predicted molar refractivity (Wildman–Crippen MR) is 60.6 cm³/mol. The van der Waals surface area contributed by atoms with Crippen molar-refractivity contribution in [3.05, 3.63) is 29.6 Å². The molecule has 0 amide bonds. The molecular weight excluding hydrogens is 243 g/mol. The first-order valence-electron chi connectivity index (χ1n) is 5.37. The Morgan fingerprint density at radius 2 is 2.11 bits per heavy atom. The van der Waals surface area contributed by atoms with E-state index in [0.29, 0.717) is 0 Å². The third-order valence-corrected chi connectivity index (χ3v) is 2.34. The van der Waals surface area contributed by atoms with Crippen molar-refractivity contribution in [2.45, 2.75) is 19.1 Å². The van der Waals surface area contributed by atoms with E-state index in [0.717, 1.165) is 12.1 Å². The molecular formula is C12H15FO5. The second-order valence-electron chi connectivity index (χ2n) is 3.53. The number of carbonyl (C=O) groups is 1. The molecule has 0 saturated heterocycles. The summed E-state index contributed by atoms with van der Waals surface area (Å²) in [6.45, 7) is 1.64. The molecule has 0 fully saturated rings. The Hall–Kier alpha value is -1.66. The lowest BCUT2D eigenvalue weighted by molar-refractivity contribution is -0.159. The van der Waals surface area contributed by atoms with Gasteiger partial charge in [0.2, 0.25) is 0 Å². The lowest BCUT2D eigenvalue weighted by Gasteiger charge is -2.18. The van der Waals surface area contributed by atoms with E-state index in [1.807, 2.05) is 0 Å². The van der Waals surface area contributed by atoms with Crippen LogP contribution in [-0.2, 0) is 9.53 Å². The first-order chi connectivity index (χ1) is 8.51. The number of ether oxygens (including phenoxy) is 2. The Morgan fingerprint density at radius 1 is 1.44 bits per heavy atom. The van der Waals surface area contributed by atoms with Gasteiger partial charge in [0.15, 0.2) is 6.10 Å². The van der Waals surface area contributed by atoms with Gasteiger partial charge in [-0.05, 0) is 25.1 Å². The van der Waals surface area contributed by atoms with Gasteiger partial charge in [0, 0.05) is 5.56 Å². The zero-order valence-electron chi connectivity index (χ0n) is 10.1. The third-order valence-electron chi connectivity index (χ3n) is 2.34. The summed E-state index contributed by atoms with van der Waals surface area (Å²) in [6.07, 6.45) is -3.41. The SMILES string of the molecule is CCOC(=O)C(O)C(O)c1cc(F)ccc1OC. The number of halogens is 1. The number of hydrogen-bond donors (Lipinski definition) is 2. The Morgan fingerprint density at radius 3 is 2.67 bits per heavy atom. The maximum atomic E-state index is 13.1. The molecule has 0 bridgehead atoms. The molecule has 1 aromatic carbocycles. The highest BCUT2D eigenvalue weighted by Gasteiger charge is 2.29. The lowest BCUT2D eigenvalue weighted by Crippen LogP contribution is -2.30. The standard InChI is InChI=1S/C12H15FO5/c1-3-18-12(16)11(15)10(14)8-6-7(13)4-5-9(8)17-2/h4-6,10-11,14-15H,3H2,1-2H3. The highest BCUT2D eigenvalue weighted by Crippen LogP contribution is 2.28. The molecule has 18 heavy (non-hydrogen) atoms. The number of aliphatic hydroxyl groups is 2.